The largest absolute Gasteiger partial charge is 0.371 e. The molecule has 0 aliphatic heterocycles. The molecule has 1 heterocycles. The lowest BCUT2D eigenvalue weighted by molar-refractivity contribution is -0.0779. The van der Waals surface area contributed by atoms with Gasteiger partial charge in [0.15, 0.2) is 0 Å². The Morgan fingerprint density at radius 2 is 2.40 bits per heavy atom. The van der Waals surface area contributed by atoms with Crippen LogP contribution in [0.3, 0.4) is 0 Å². The third kappa shape index (κ3) is 2.07. The van der Waals surface area contributed by atoms with E-state index in [-0.39, 0.29) is 5.60 Å². The molecule has 2 rings (SSSR count). The highest BCUT2D eigenvalue weighted by Crippen LogP contribution is 2.45. The van der Waals surface area contributed by atoms with Crippen molar-refractivity contribution in [1.29, 1.82) is 0 Å². The Labute approximate surface area is 94.9 Å². The van der Waals surface area contributed by atoms with E-state index in [9.17, 15) is 0 Å². The Bertz CT molecular complexity index is 315. The van der Waals surface area contributed by atoms with Gasteiger partial charge in [-0.05, 0) is 25.8 Å². The molecule has 1 aromatic heterocycles. The van der Waals surface area contributed by atoms with Gasteiger partial charge in [0, 0.05) is 24.7 Å². The van der Waals surface area contributed by atoms with Crippen LogP contribution < -0.4 is 5.32 Å². The maximum atomic E-state index is 5.61. The molecule has 0 amide bonds. The molecule has 0 saturated heterocycles. The number of hydrogen-bond donors (Lipinski definition) is 1. The van der Waals surface area contributed by atoms with Crippen LogP contribution in [0.25, 0.3) is 0 Å². The molecular weight excluding hydrogens is 208 g/mol. The van der Waals surface area contributed by atoms with Crippen molar-refractivity contribution in [3.05, 3.63) is 16.1 Å². The molecule has 1 saturated carbocycles. The topological polar surface area (TPSA) is 34.2 Å². The fourth-order valence-corrected chi connectivity index (χ4v) is 2.96. The van der Waals surface area contributed by atoms with E-state index < -0.39 is 0 Å². The van der Waals surface area contributed by atoms with Gasteiger partial charge < -0.3 is 10.1 Å². The molecule has 1 aromatic rings. The van der Waals surface area contributed by atoms with Crippen molar-refractivity contribution in [2.45, 2.75) is 38.3 Å². The number of nitrogens with zero attached hydrogens (tertiary/aromatic N) is 1. The summed E-state index contributed by atoms with van der Waals surface area (Å²) in [5.41, 5.74) is -0.0465. The van der Waals surface area contributed by atoms with Gasteiger partial charge in [0.2, 0.25) is 0 Å². The second kappa shape index (κ2) is 4.60. The SMILES string of the molecule is CCNCc1cnc(C2(OC)CCC2)s1. The fourth-order valence-electron chi connectivity index (χ4n) is 1.85. The van der Waals surface area contributed by atoms with E-state index >= 15 is 0 Å². The lowest BCUT2D eigenvalue weighted by atomic mass is 9.80. The summed E-state index contributed by atoms with van der Waals surface area (Å²) in [6, 6.07) is 0. The molecule has 84 valence electrons. The van der Waals surface area contributed by atoms with Gasteiger partial charge in [-0.1, -0.05) is 6.92 Å². The minimum Gasteiger partial charge on any atom is -0.371 e. The first kappa shape index (κ1) is 11.0. The standard InChI is InChI=1S/C11H18N2OS/c1-3-12-7-9-8-13-10(15-9)11(14-2)5-4-6-11/h8,12H,3-7H2,1-2H3. The van der Waals surface area contributed by atoms with Crippen LogP contribution in [-0.2, 0) is 16.9 Å². The average Bonchev–Trinajstić information content (AvgIpc) is 2.63. The highest BCUT2D eigenvalue weighted by Gasteiger charge is 2.41. The zero-order valence-electron chi connectivity index (χ0n) is 9.38. The summed E-state index contributed by atoms with van der Waals surface area (Å²) >= 11 is 1.78. The molecule has 3 nitrogen and oxygen atoms in total. The normalized spacial score (nSPS) is 18.8. The fraction of sp³-hybridized carbons (Fsp3) is 0.727. The summed E-state index contributed by atoms with van der Waals surface area (Å²) in [4.78, 5) is 5.79. The smallest absolute Gasteiger partial charge is 0.125 e. The maximum Gasteiger partial charge on any atom is 0.125 e. The summed E-state index contributed by atoms with van der Waals surface area (Å²) in [7, 11) is 1.80. The predicted octanol–water partition coefficient (Wildman–Crippen LogP) is 2.28. The Hall–Kier alpha value is -0.450. The molecule has 0 bridgehead atoms. The van der Waals surface area contributed by atoms with Crippen LogP contribution in [0.15, 0.2) is 6.20 Å². The monoisotopic (exact) mass is 226 g/mol. The predicted molar refractivity (Wildman–Crippen MR) is 62.0 cm³/mol. The van der Waals surface area contributed by atoms with Crippen molar-refractivity contribution >= 4 is 11.3 Å². The lowest BCUT2D eigenvalue weighted by Crippen LogP contribution is -2.35. The molecule has 0 radical (unpaired) electrons. The summed E-state index contributed by atoms with van der Waals surface area (Å²) in [6.07, 6.45) is 5.48. The molecule has 1 aliphatic carbocycles. The maximum absolute atomic E-state index is 5.61. The number of hydrogen-bond acceptors (Lipinski definition) is 4. The van der Waals surface area contributed by atoms with Crippen LogP contribution >= 0.6 is 11.3 Å². The first-order chi connectivity index (χ1) is 7.30. The molecule has 15 heavy (non-hydrogen) atoms. The van der Waals surface area contributed by atoms with Crippen LogP contribution in [0.5, 0.6) is 0 Å². The van der Waals surface area contributed by atoms with Crippen molar-refractivity contribution < 1.29 is 4.74 Å². The van der Waals surface area contributed by atoms with E-state index in [0.29, 0.717) is 0 Å². The van der Waals surface area contributed by atoms with Gasteiger partial charge in [0.1, 0.15) is 10.6 Å². The van der Waals surface area contributed by atoms with Gasteiger partial charge in [-0.2, -0.15) is 0 Å². The number of ether oxygens (including phenoxy) is 1. The second-order valence-electron chi connectivity index (χ2n) is 3.96. The first-order valence-corrected chi connectivity index (χ1v) is 6.33. The quantitative estimate of drug-likeness (QED) is 0.836. The molecule has 0 aromatic carbocycles. The van der Waals surface area contributed by atoms with Crippen molar-refractivity contribution in [2.75, 3.05) is 13.7 Å². The van der Waals surface area contributed by atoms with Gasteiger partial charge in [0.25, 0.3) is 0 Å². The van der Waals surface area contributed by atoms with Crippen LogP contribution in [0, 0.1) is 0 Å². The van der Waals surface area contributed by atoms with E-state index in [4.69, 9.17) is 4.74 Å². The molecule has 0 spiro atoms. The third-order valence-electron chi connectivity index (χ3n) is 3.04. The van der Waals surface area contributed by atoms with E-state index in [1.807, 2.05) is 6.20 Å². The highest BCUT2D eigenvalue weighted by molar-refractivity contribution is 7.11. The van der Waals surface area contributed by atoms with Gasteiger partial charge >= 0.3 is 0 Å². The number of thiazole rings is 1. The summed E-state index contributed by atoms with van der Waals surface area (Å²) in [5.74, 6) is 0. The Balaban J connectivity index is 2.05. The van der Waals surface area contributed by atoms with E-state index in [1.165, 1.54) is 11.3 Å². The van der Waals surface area contributed by atoms with Crippen molar-refractivity contribution in [2.24, 2.45) is 0 Å². The van der Waals surface area contributed by atoms with Crippen molar-refractivity contribution in [1.82, 2.24) is 10.3 Å². The zero-order valence-corrected chi connectivity index (χ0v) is 10.2. The molecule has 1 fully saturated rings. The van der Waals surface area contributed by atoms with Gasteiger partial charge in [-0.3, -0.25) is 0 Å². The second-order valence-corrected chi connectivity index (χ2v) is 5.08. The van der Waals surface area contributed by atoms with Crippen LogP contribution in [-0.4, -0.2) is 18.6 Å². The Kier molecular flexibility index (Phi) is 3.38. The van der Waals surface area contributed by atoms with Crippen LogP contribution in [0.2, 0.25) is 0 Å². The van der Waals surface area contributed by atoms with Crippen LogP contribution in [0.1, 0.15) is 36.1 Å². The number of rotatable bonds is 5. The first-order valence-electron chi connectivity index (χ1n) is 5.52. The molecular formula is C11H18N2OS. The molecule has 4 heteroatoms. The summed E-state index contributed by atoms with van der Waals surface area (Å²) in [6.45, 7) is 4.04. The number of aromatic nitrogens is 1. The van der Waals surface area contributed by atoms with Gasteiger partial charge in [-0.25, -0.2) is 4.98 Å². The molecule has 1 N–H and O–H groups in total. The van der Waals surface area contributed by atoms with E-state index in [2.05, 4.69) is 17.2 Å². The Morgan fingerprint density at radius 1 is 1.60 bits per heavy atom. The third-order valence-corrected chi connectivity index (χ3v) is 4.23. The molecule has 0 atom stereocenters. The van der Waals surface area contributed by atoms with Crippen molar-refractivity contribution in [3.63, 3.8) is 0 Å². The minimum absolute atomic E-state index is 0.0465. The number of nitrogens with one attached hydrogen (secondary N) is 1. The summed E-state index contributed by atoms with van der Waals surface area (Å²) in [5, 5.41) is 4.47. The van der Waals surface area contributed by atoms with Crippen molar-refractivity contribution in [3.8, 4) is 0 Å². The summed E-state index contributed by atoms with van der Waals surface area (Å²) < 4.78 is 5.61. The lowest BCUT2D eigenvalue weighted by Gasteiger charge is -2.38. The van der Waals surface area contributed by atoms with E-state index in [1.54, 1.807) is 18.4 Å². The molecule has 0 unspecified atom stereocenters. The number of methoxy groups -OCH3 is 1. The zero-order chi connectivity index (χ0) is 10.7. The van der Waals surface area contributed by atoms with Gasteiger partial charge in [-0.15, -0.1) is 11.3 Å². The average molecular weight is 226 g/mol. The Morgan fingerprint density at radius 3 is 2.93 bits per heavy atom. The van der Waals surface area contributed by atoms with E-state index in [0.717, 1.165) is 30.9 Å². The van der Waals surface area contributed by atoms with Crippen LogP contribution in [0.4, 0.5) is 0 Å². The minimum atomic E-state index is -0.0465. The molecule has 1 aliphatic rings. The highest BCUT2D eigenvalue weighted by atomic mass is 32.1. The van der Waals surface area contributed by atoms with Gasteiger partial charge in [0.05, 0.1) is 0 Å².